The normalized spacial score (nSPS) is 13.2. The molecule has 0 heterocycles. The van der Waals surface area contributed by atoms with Crippen LogP contribution in [0.4, 0.5) is 0 Å². The topological polar surface area (TPSA) is 49.9 Å². The molecule has 47 valence electrons. The summed E-state index contributed by atoms with van der Waals surface area (Å²) in [5, 5.41) is 7.02. The Morgan fingerprint density at radius 1 is 1.88 bits per heavy atom. The van der Waals surface area contributed by atoms with E-state index in [1.807, 2.05) is 0 Å². The van der Waals surface area contributed by atoms with Gasteiger partial charge < -0.3 is 0 Å². The molecule has 0 saturated carbocycles. The van der Waals surface area contributed by atoms with Crippen LogP contribution in [0.1, 0.15) is 19.8 Å². The molecule has 0 fully saturated rings. The fourth-order valence-electron chi connectivity index (χ4n) is 0.442. The van der Waals surface area contributed by atoms with E-state index in [0.717, 1.165) is 12.8 Å². The van der Waals surface area contributed by atoms with Crippen molar-refractivity contribution in [3.63, 3.8) is 0 Å². The first-order valence-corrected chi connectivity index (χ1v) is 3.55. The molecule has 0 spiro atoms. The summed E-state index contributed by atoms with van der Waals surface area (Å²) in [5.41, 5.74) is 5.47. The molecular weight excluding hydrogens is 167 g/mol. The standard InChI is InChI=1S/C5H11N2Se/c1-2-3-4(6)5(7)8/h4,7H,2-3,6H2,1H3. The van der Waals surface area contributed by atoms with Gasteiger partial charge in [-0.1, -0.05) is 0 Å². The van der Waals surface area contributed by atoms with E-state index >= 15 is 0 Å². The average molecular weight is 178 g/mol. The van der Waals surface area contributed by atoms with E-state index in [1.165, 1.54) is 0 Å². The second-order valence-corrected chi connectivity index (χ2v) is 2.68. The molecule has 0 rings (SSSR count). The van der Waals surface area contributed by atoms with Crippen LogP contribution in [0.15, 0.2) is 0 Å². The maximum atomic E-state index is 7.02. The molecule has 0 aliphatic carbocycles. The zero-order chi connectivity index (χ0) is 6.57. The van der Waals surface area contributed by atoms with E-state index in [-0.39, 0.29) is 6.04 Å². The molecule has 0 aliphatic rings. The average Bonchev–Trinajstić information content (AvgIpc) is 1.67. The first kappa shape index (κ1) is 8.15. The van der Waals surface area contributed by atoms with Gasteiger partial charge >= 0.3 is 57.6 Å². The summed E-state index contributed by atoms with van der Waals surface area (Å²) < 4.78 is 0.465. The van der Waals surface area contributed by atoms with E-state index in [9.17, 15) is 0 Å². The Hall–Kier alpha value is 0.149. The molecule has 0 saturated heterocycles. The Balaban J connectivity index is 3.32. The van der Waals surface area contributed by atoms with Gasteiger partial charge in [-0.3, -0.25) is 0 Å². The third-order valence-electron chi connectivity index (χ3n) is 0.936. The number of rotatable bonds is 3. The van der Waals surface area contributed by atoms with Crippen LogP contribution in [0.25, 0.3) is 0 Å². The Morgan fingerprint density at radius 3 is 2.50 bits per heavy atom. The van der Waals surface area contributed by atoms with Crippen molar-refractivity contribution in [3.8, 4) is 0 Å². The zero-order valence-electron chi connectivity index (χ0n) is 4.98. The molecule has 3 heteroatoms. The van der Waals surface area contributed by atoms with Crippen LogP contribution in [0, 0.1) is 5.41 Å². The molecule has 0 bridgehead atoms. The van der Waals surface area contributed by atoms with Gasteiger partial charge in [-0.25, -0.2) is 0 Å². The van der Waals surface area contributed by atoms with Gasteiger partial charge in [-0.15, -0.1) is 0 Å². The van der Waals surface area contributed by atoms with E-state index in [4.69, 9.17) is 11.1 Å². The predicted octanol–water partition coefficient (Wildman–Crippen LogP) is 0.260. The van der Waals surface area contributed by atoms with Gasteiger partial charge in [0, 0.05) is 0 Å². The second-order valence-electron chi connectivity index (χ2n) is 1.76. The summed E-state index contributed by atoms with van der Waals surface area (Å²) in [6.07, 6.45) is 1.96. The van der Waals surface area contributed by atoms with Crippen molar-refractivity contribution in [2.45, 2.75) is 25.8 Å². The third kappa shape index (κ3) is 3.19. The summed E-state index contributed by atoms with van der Waals surface area (Å²) in [7, 11) is 0. The van der Waals surface area contributed by atoms with Crippen molar-refractivity contribution in [1.29, 1.82) is 5.41 Å². The SMILES string of the molecule is CCCC(N)C(=N)[Se]. The molecule has 8 heavy (non-hydrogen) atoms. The summed E-state index contributed by atoms with van der Waals surface area (Å²) in [6.45, 7) is 2.06. The second kappa shape index (κ2) is 4.07. The monoisotopic (exact) mass is 179 g/mol. The molecule has 0 aliphatic heterocycles. The van der Waals surface area contributed by atoms with Crippen LogP contribution >= 0.6 is 0 Å². The van der Waals surface area contributed by atoms with Gasteiger partial charge in [-0.2, -0.15) is 0 Å². The molecule has 1 radical (unpaired) electrons. The Kier molecular flexibility index (Phi) is 4.15. The fraction of sp³-hybridized carbons (Fsp3) is 0.800. The van der Waals surface area contributed by atoms with E-state index in [1.54, 1.807) is 0 Å². The van der Waals surface area contributed by atoms with Gasteiger partial charge in [-0.05, 0) is 0 Å². The molecule has 0 amide bonds. The van der Waals surface area contributed by atoms with E-state index < -0.39 is 0 Å². The predicted molar refractivity (Wildman–Crippen MR) is 36.4 cm³/mol. The van der Waals surface area contributed by atoms with Gasteiger partial charge in [0.05, 0.1) is 0 Å². The zero-order valence-corrected chi connectivity index (χ0v) is 6.69. The van der Waals surface area contributed by atoms with Crippen molar-refractivity contribution < 1.29 is 0 Å². The van der Waals surface area contributed by atoms with Crippen molar-refractivity contribution in [3.05, 3.63) is 0 Å². The molecule has 1 atom stereocenters. The van der Waals surface area contributed by atoms with Crippen LogP contribution in [0.2, 0.25) is 0 Å². The third-order valence-corrected chi connectivity index (χ3v) is 1.57. The van der Waals surface area contributed by atoms with Crippen molar-refractivity contribution in [2.24, 2.45) is 5.73 Å². The molecule has 0 aromatic carbocycles. The van der Waals surface area contributed by atoms with Crippen LogP contribution in [-0.2, 0) is 0 Å². The molecule has 0 aromatic heterocycles. The molecule has 2 nitrogen and oxygen atoms in total. The molecular formula is C5H11N2Se. The van der Waals surface area contributed by atoms with Gasteiger partial charge in [0.15, 0.2) is 0 Å². The van der Waals surface area contributed by atoms with Gasteiger partial charge in [0.1, 0.15) is 0 Å². The summed E-state index contributed by atoms with van der Waals surface area (Å²) in [6, 6.07) is -0.0556. The van der Waals surface area contributed by atoms with Crippen LogP contribution in [-0.4, -0.2) is 26.7 Å². The first-order valence-electron chi connectivity index (χ1n) is 2.69. The molecule has 3 N–H and O–H groups in total. The first-order chi connectivity index (χ1) is 3.68. The fourth-order valence-corrected chi connectivity index (χ4v) is 0.689. The quantitative estimate of drug-likeness (QED) is 0.472. The van der Waals surface area contributed by atoms with E-state index in [0.29, 0.717) is 4.61 Å². The van der Waals surface area contributed by atoms with Gasteiger partial charge in [0.25, 0.3) is 0 Å². The number of nitrogens with two attached hydrogens (primary N) is 1. The summed E-state index contributed by atoms with van der Waals surface area (Å²) in [4.78, 5) is 0. The van der Waals surface area contributed by atoms with Crippen LogP contribution in [0.3, 0.4) is 0 Å². The molecule has 0 aromatic rings. The number of nitrogens with one attached hydrogen (secondary N) is 1. The van der Waals surface area contributed by atoms with Crippen molar-refractivity contribution in [1.82, 2.24) is 0 Å². The van der Waals surface area contributed by atoms with Crippen LogP contribution in [0.5, 0.6) is 0 Å². The van der Waals surface area contributed by atoms with Crippen molar-refractivity contribution in [2.75, 3.05) is 0 Å². The Morgan fingerprint density at radius 2 is 2.38 bits per heavy atom. The van der Waals surface area contributed by atoms with Gasteiger partial charge in [0.2, 0.25) is 0 Å². The minimum absolute atomic E-state index is 0.0556. The summed E-state index contributed by atoms with van der Waals surface area (Å²) >= 11 is 2.58. The van der Waals surface area contributed by atoms with Crippen LogP contribution < -0.4 is 5.73 Å². The summed E-state index contributed by atoms with van der Waals surface area (Å²) in [5.74, 6) is 0. The Bertz CT molecular complexity index is 82.5. The number of hydrogen-bond donors (Lipinski definition) is 2. The Labute approximate surface area is 58.2 Å². The van der Waals surface area contributed by atoms with E-state index in [2.05, 4.69) is 22.9 Å². The minimum atomic E-state index is -0.0556. The van der Waals surface area contributed by atoms with Crippen molar-refractivity contribution >= 4 is 20.6 Å². The molecule has 1 unspecified atom stereocenters. The number of hydrogen-bond acceptors (Lipinski definition) is 2. The maximum absolute atomic E-state index is 7.02.